The first kappa shape index (κ1) is 57.9. The van der Waals surface area contributed by atoms with Gasteiger partial charge in [0.25, 0.3) is 0 Å². The maximum atomic E-state index is 10.2. The highest BCUT2D eigenvalue weighted by molar-refractivity contribution is 7.40. The molecule has 4 N–H and O–H groups in total. The van der Waals surface area contributed by atoms with Crippen molar-refractivity contribution in [2.45, 2.75) is 254 Å². The fourth-order valence-corrected chi connectivity index (χ4v) is 10.4. The predicted octanol–water partition coefficient (Wildman–Crippen LogP) is 17.3. The number of unbranched alkanes of at least 4 members (excludes halogenated alkanes) is 16. The van der Waals surface area contributed by atoms with Gasteiger partial charge in [0.1, 0.15) is 11.5 Å². The van der Waals surface area contributed by atoms with Crippen molar-refractivity contribution in [2.75, 3.05) is 0 Å². The van der Waals surface area contributed by atoms with Gasteiger partial charge in [-0.05, 0) is 121 Å². The molecule has 0 radical (unpaired) electrons. The standard InChI is InChI=1S/C55H98O6P2/c1-43(2)31-23-15-11-19-27-35-47-49(37-29-21-13-17-25-33-45(5)6)53(60-62(56)57)41-39-51(47)55(9,10)52-40-42-54(61-63(58)59)50(38-30-22-14-18-26-34-46(7)8)48(52)36-28-20-12-16-24-32-44(3)4/h39-46,56-59H,11-38H2,1-10H3. The zero-order valence-corrected chi connectivity index (χ0v) is 44.2. The van der Waals surface area contributed by atoms with E-state index in [0.717, 1.165) is 99.0 Å². The van der Waals surface area contributed by atoms with Gasteiger partial charge in [0.05, 0.1) is 0 Å². The molecule has 0 atom stereocenters. The molecule has 63 heavy (non-hydrogen) atoms. The van der Waals surface area contributed by atoms with E-state index in [1.165, 1.54) is 138 Å². The predicted molar refractivity (Wildman–Crippen MR) is 274 cm³/mol. The van der Waals surface area contributed by atoms with Gasteiger partial charge in [-0.15, -0.1) is 0 Å². The van der Waals surface area contributed by atoms with E-state index >= 15 is 0 Å². The fraction of sp³-hybridized carbons (Fsp3) is 0.782. The number of rotatable bonds is 38. The van der Waals surface area contributed by atoms with E-state index in [4.69, 9.17) is 9.05 Å². The first-order valence-electron chi connectivity index (χ1n) is 26.1. The Labute approximate surface area is 391 Å². The summed E-state index contributed by atoms with van der Waals surface area (Å²) in [6.07, 6.45) is 32.6. The van der Waals surface area contributed by atoms with Gasteiger partial charge < -0.3 is 28.6 Å². The third kappa shape index (κ3) is 24.4. The highest BCUT2D eigenvalue weighted by Gasteiger charge is 2.32. The van der Waals surface area contributed by atoms with Crippen LogP contribution in [0, 0.1) is 23.7 Å². The average Bonchev–Trinajstić information content (AvgIpc) is 3.19. The summed E-state index contributed by atoms with van der Waals surface area (Å²) >= 11 is 0. The Balaban J connectivity index is 2.66. The molecular weight excluding hydrogens is 819 g/mol. The Morgan fingerprint density at radius 1 is 0.365 bits per heavy atom. The van der Waals surface area contributed by atoms with Crippen LogP contribution in [0.4, 0.5) is 0 Å². The van der Waals surface area contributed by atoms with Crippen LogP contribution in [-0.4, -0.2) is 19.6 Å². The van der Waals surface area contributed by atoms with Crippen LogP contribution < -0.4 is 9.05 Å². The zero-order valence-electron chi connectivity index (χ0n) is 42.4. The Morgan fingerprint density at radius 2 is 0.603 bits per heavy atom. The van der Waals surface area contributed by atoms with Crippen molar-refractivity contribution in [3.63, 3.8) is 0 Å². The second-order valence-electron chi connectivity index (χ2n) is 21.3. The smallest absolute Gasteiger partial charge is 0.391 e. The largest absolute Gasteiger partial charge is 0.427 e. The van der Waals surface area contributed by atoms with Crippen molar-refractivity contribution < 1.29 is 28.6 Å². The molecule has 0 saturated heterocycles. The molecule has 0 saturated carbocycles. The van der Waals surface area contributed by atoms with Crippen LogP contribution in [-0.2, 0) is 31.1 Å². The van der Waals surface area contributed by atoms with Gasteiger partial charge in [-0.2, -0.15) is 0 Å². The summed E-state index contributed by atoms with van der Waals surface area (Å²) in [7, 11) is -5.11. The van der Waals surface area contributed by atoms with Crippen molar-refractivity contribution in [3.05, 3.63) is 57.6 Å². The zero-order chi connectivity index (χ0) is 46.6. The molecule has 2 aromatic rings. The Morgan fingerprint density at radius 3 is 0.857 bits per heavy atom. The van der Waals surface area contributed by atoms with Crippen LogP contribution in [0.25, 0.3) is 0 Å². The highest BCUT2D eigenvalue weighted by atomic mass is 31.2. The minimum atomic E-state index is -2.55. The van der Waals surface area contributed by atoms with E-state index in [2.05, 4.69) is 81.4 Å². The molecule has 0 aromatic heterocycles. The van der Waals surface area contributed by atoms with Crippen LogP contribution in [0.3, 0.4) is 0 Å². The number of hydrogen-bond donors (Lipinski definition) is 4. The van der Waals surface area contributed by atoms with E-state index in [0.29, 0.717) is 11.5 Å². The van der Waals surface area contributed by atoms with Crippen molar-refractivity contribution in [3.8, 4) is 11.5 Å². The first-order chi connectivity index (χ1) is 30.0. The van der Waals surface area contributed by atoms with E-state index in [1.807, 2.05) is 12.1 Å². The summed E-state index contributed by atoms with van der Waals surface area (Å²) in [6, 6.07) is 8.43. The molecule has 0 unspecified atom stereocenters. The van der Waals surface area contributed by atoms with Crippen molar-refractivity contribution in [1.82, 2.24) is 0 Å². The number of hydrogen-bond acceptors (Lipinski definition) is 6. The van der Waals surface area contributed by atoms with E-state index < -0.39 is 17.2 Å². The van der Waals surface area contributed by atoms with Gasteiger partial charge in [0.2, 0.25) is 0 Å². The monoisotopic (exact) mass is 917 g/mol. The lowest BCUT2D eigenvalue weighted by atomic mass is 9.70. The van der Waals surface area contributed by atoms with E-state index in [1.54, 1.807) is 0 Å². The minimum Gasteiger partial charge on any atom is -0.427 e. The third-order valence-electron chi connectivity index (χ3n) is 13.3. The molecule has 0 bridgehead atoms. The second kappa shape index (κ2) is 33.3. The van der Waals surface area contributed by atoms with Gasteiger partial charge in [-0.1, -0.05) is 210 Å². The van der Waals surface area contributed by atoms with Gasteiger partial charge in [-0.3, -0.25) is 0 Å². The molecule has 0 fully saturated rings. The lowest BCUT2D eigenvalue weighted by Crippen LogP contribution is -2.25. The van der Waals surface area contributed by atoms with E-state index in [-0.39, 0.29) is 5.41 Å². The maximum absolute atomic E-state index is 10.2. The van der Waals surface area contributed by atoms with Gasteiger partial charge in [0.15, 0.2) is 0 Å². The summed E-state index contributed by atoms with van der Waals surface area (Å²) in [6.45, 7) is 23.2. The molecule has 2 rings (SSSR count). The molecule has 6 nitrogen and oxygen atoms in total. The van der Waals surface area contributed by atoms with Crippen LogP contribution >= 0.6 is 17.2 Å². The lowest BCUT2D eigenvalue weighted by molar-refractivity contribution is 0.371. The Bertz CT molecular complexity index is 1360. The normalized spacial score (nSPS) is 12.4. The summed E-state index contributed by atoms with van der Waals surface area (Å²) in [5, 5.41) is 0. The molecule has 0 aliphatic rings. The third-order valence-corrected chi connectivity index (χ3v) is 14.0. The van der Waals surface area contributed by atoms with Gasteiger partial charge >= 0.3 is 17.2 Å². The molecule has 0 aliphatic heterocycles. The summed E-state index contributed by atoms with van der Waals surface area (Å²) in [4.78, 5) is 40.8. The van der Waals surface area contributed by atoms with Crippen LogP contribution in [0.15, 0.2) is 24.3 Å². The molecule has 8 heteroatoms. The topological polar surface area (TPSA) is 99.4 Å². The molecule has 0 aliphatic carbocycles. The fourth-order valence-electron chi connectivity index (χ4n) is 9.66. The van der Waals surface area contributed by atoms with Gasteiger partial charge in [0, 0.05) is 5.41 Å². The first-order valence-corrected chi connectivity index (χ1v) is 28.4. The minimum absolute atomic E-state index is 0.389. The molecule has 0 heterocycles. The highest BCUT2D eigenvalue weighted by Crippen LogP contribution is 2.46. The quantitative estimate of drug-likeness (QED) is 0.0396. The molecular formula is C55H98O6P2. The SMILES string of the molecule is CC(C)CCCCCCCc1c(OP(O)O)ccc(C(C)(C)c2ccc(OP(O)O)c(CCCCCCCC(C)C)c2CCCCCCCC(C)C)c1CCCCCCCC(C)C. The van der Waals surface area contributed by atoms with Crippen molar-refractivity contribution in [2.24, 2.45) is 23.7 Å². The second-order valence-corrected chi connectivity index (χ2v) is 22.6. The Hall–Kier alpha value is -1.26. The summed E-state index contributed by atoms with van der Waals surface area (Å²) in [5.74, 6) is 4.21. The van der Waals surface area contributed by atoms with Crippen LogP contribution in [0.5, 0.6) is 11.5 Å². The average molecular weight is 917 g/mol. The summed E-state index contributed by atoms with van der Waals surface area (Å²) in [5.41, 5.74) is 7.09. The lowest BCUT2D eigenvalue weighted by Gasteiger charge is -2.34. The van der Waals surface area contributed by atoms with Crippen LogP contribution in [0.1, 0.15) is 257 Å². The van der Waals surface area contributed by atoms with E-state index in [9.17, 15) is 19.6 Å². The Kier molecular flexibility index (Phi) is 30.5. The molecule has 0 amide bonds. The maximum Gasteiger partial charge on any atom is 0.391 e. The molecule has 364 valence electrons. The van der Waals surface area contributed by atoms with Crippen LogP contribution in [0.2, 0.25) is 0 Å². The van der Waals surface area contributed by atoms with Crippen molar-refractivity contribution >= 4 is 17.2 Å². The number of benzene rings is 2. The van der Waals surface area contributed by atoms with Gasteiger partial charge in [-0.25, -0.2) is 0 Å². The van der Waals surface area contributed by atoms with Crippen molar-refractivity contribution in [1.29, 1.82) is 0 Å². The molecule has 0 spiro atoms. The summed E-state index contributed by atoms with van der Waals surface area (Å²) < 4.78 is 11.7. The molecule has 2 aromatic carbocycles.